The van der Waals surface area contributed by atoms with Crippen LogP contribution in [-0.4, -0.2) is 30.3 Å². The van der Waals surface area contributed by atoms with Crippen molar-refractivity contribution < 1.29 is 23.9 Å². The number of aryl methyl sites for hydroxylation is 2. The summed E-state index contributed by atoms with van der Waals surface area (Å²) in [6.45, 7) is 3.34. The molecule has 0 aromatic heterocycles. The van der Waals surface area contributed by atoms with Crippen molar-refractivity contribution >= 4 is 35.1 Å². The van der Waals surface area contributed by atoms with Crippen LogP contribution in [-0.2, 0) is 19.1 Å². The molecular formula is C35H28N2O5. The molecular weight excluding hydrogens is 528 g/mol. The minimum absolute atomic E-state index is 0.0551. The van der Waals surface area contributed by atoms with Gasteiger partial charge in [-0.2, -0.15) is 0 Å². The first kappa shape index (κ1) is 25.9. The van der Waals surface area contributed by atoms with Gasteiger partial charge in [-0.15, -0.1) is 0 Å². The zero-order valence-electron chi connectivity index (χ0n) is 23.2. The first-order chi connectivity index (χ1) is 20.3. The molecule has 3 amide bonds. The summed E-state index contributed by atoms with van der Waals surface area (Å²) in [7, 11) is 0. The number of amides is 3. The molecule has 7 nitrogen and oxygen atoms in total. The van der Waals surface area contributed by atoms with Crippen molar-refractivity contribution in [2.75, 3.05) is 16.8 Å². The Morgan fingerprint density at radius 1 is 0.738 bits per heavy atom. The number of rotatable bonds is 5. The Morgan fingerprint density at radius 3 is 1.81 bits per heavy atom. The number of para-hydroxylation sites is 1. The number of imide groups is 1. The summed E-state index contributed by atoms with van der Waals surface area (Å²) >= 11 is 0. The molecule has 3 aliphatic carbocycles. The molecule has 2 bridgehead atoms. The highest BCUT2D eigenvalue weighted by molar-refractivity contribution is 6.25. The predicted octanol–water partition coefficient (Wildman–Crippen LogP) is 5.50. The van der Waals surface area contributed by atoms with Gasteiger partial charge in [0.15, 0.2) is 6.61 Å². The number of esters is 1. The molecule has 0 unspecified atom stereocenters. The van der Waals surface area contributed by atoms with Gasteiger partial charge in [-0.3, -0.25) is 14.4 Å². The Balaban J connectivity index is 1.17. The van der Waals surface area contributed by atoms with Gasteiger partial charge >= 0.3 is 5.97 Å². The summed E-state index contributed by atoms with van der Waals surface area (Å²) in [4.78, 5) is 55.3. The molecule has 4 aliphatic rings. The number of carbonyl (C=O) groups is 4. The third-order valence-electron chi connectivity index (χ3n) is 8.80. The fourth-order valence-electron chi connectivity index (χ4n) is 7.10. The highest BCUT2D eigenvalue weighted by Crippen LogP contribution is 2.61. The maximum atomic E-state index is 14.1. The predicted molar refractivity (Wildman–Crippen MR) is 157 cm³/mol. The second-order valence-electron chi connectivity index (χ2n) is 11.2. The van der Waals surface area contributed by atoms with Crippen molar-refractivity contribution in [2.45, 2.75) is 25.7 Å². The highest BCUT2D eigenvalue weighted by atomic mass is 16.5. The van der Waals surface area contributed by atoms with Crippen LogP contribution in [0.5, 0.6) is 0 Å². The number of benzene rings is 4. The third kappa shape index (κ3) is 3.88. The maximum absolute atomic E-state index is 14.1. The Labute approximate surface area is 243 Å². The lowest BCUT2D eigenvalue weighted by atomic mass is 9.55. The molecule has 1 saturated heterocycles. The topological polar surface area (TPSA) is 92.8 Å². The molecule has 4 aromatic rings. The van der Waals surface area contributed by atoms with Gasteiger partial charge in [0.1, 0.15) is 0 Å². The van der Waals surface area contributed by atoms with Crippen LogP contribution >= 0.6 is 0 Å². The number of carbonyl (C=O) groups excluding carboxylic acids is 4. The van der Waals surface area contributed by atoms with E-state index in [9.17, 15) is 19.2 Å². The number of hydrogen-bond donors (Lipinski definition) is 1. The SMILES string of the molecule is Cc1ccc(NC(=O)COC(=O)c2ccccc2N2C(=O)[C@@H]3C4c5ccccc5C(c5ccccc54)[C@@H]3C2=O)c(C)c1. The number of ether oxygens (including phenoxy) is 1. The van der Waals surface area contributed by atoms with Crippen LogP contribution in [0.15, 0.2) is 91.0 Å². The first-order valence-corrected chi connectivity index (χ1v) is 14.0. The molecule has 0 radical (unpaired) electrons. The lowest BCUT2D eigenvalue weighted by molar-refractivity contribution is -0.122. The quantitative estimate of drug-likeness (QED) is 0.259. The molecule has 4 aromatic carbocycles. The minimum Gasteiger partial charge on any atom is -0.452 e. The van der Waals surface area contributed by atoms with E-state index < -0.39 is 30.3 Å². The smallest absolute Gasteiger partial charge is 0.340 e. The molecule has 208 valence electrons. The second-order valence-corrected chi connectivity index (χ2v) is 11.2. The van der Waals surface area contributed by atoms with Gasteiger partial charge in [-0.05, 0) is 59.9 Å². The van der Waals surface area contributed by atoms with Gasteiger partial charge in [0.05, 0.1) is 23.1 Å². The summed E-state index contributed by atoms with van der Waals surface area (Å²) in [6.07, 6.45) is 0. The lowest BCUT2D eigenvalue weighted by Gasteiger charge is -2.45. The van der Waals surface area contributed by atoms with E-state index in [1.54, 1.807) is 24.3 Å². The Kier molecular flexibility index (Phi) is 6.04. The van der Waals surface area contributed by atoms with Gasteiger partial charge in [-0.25, -0.2) is 9.69 Å². The second kappa shape index (κ2) is 9.80. The van der Waals surface area contributed by atoms with Crippen molar-refractivity contribution in [3.63, 3.8) is 0 Å². The molecule has 1 heterocycles. The van der Waals surface area contributed by atoms with Crippen LogP contribution in [0.25, 0.3) is 0 Å². The third-order valence-corrected chi connectivity index (χ3v) is 8.80. The number of nitrogens with one attached hydrogen (secondary N) is 1. The first-order valence-electron chi connectivity index (χ1n) is 14.0. The van der Waals surface area contributed by atoms with E-state index in [-0.39, 0.29) is 34.9 Å². The van der Waals surface area contributed by atoms with E-state index in [1.165, 1.54) is 11.0 Å². The van der Waals surface area contributed by atoms with Crippen LogP contribution in [0, 0.1) is 25.7 Å². The molecule has 1 fully saturated rings. The standard InChI is InChI=1S/C35H28N2O5/c1-19-15-16-26(20(2)17-19)36-28(38)18-42-35(41)25-13-7-8-14-27(25)37-33(39)31-29-21-9-3-4-10-22(21)30(32(31)34(37)40)24-12-6-5-11-23(24)29/h3-17,29-32H,18H2,1-2H3,(H,36,38)/t29?,30?,31-,32+. The van der Waals surface area contributed by atoms with Crippen LogP contribution < -0.4 is 10.2 Å². The van der Waals surface area contributed by atoms with E-state index >= 15 is 0 Å². The maximum Gasteiger partial charge on any atom is 0.340 e. The zero-order chi connectivity index (χ0) is 29.1. The lowest BCUT2D eigenvalue weighted by Crippen LogP contribution is -2.41. The van der Waals surface area contributed by atoms with Crippen molar-refractivity contribution in [3.8, 4) is 0 Å². The van der Waals surface area contributed by atoms with E-state index in [2.05, 4.69) is 5.32 Å². The molecule has 42 heavy (non-hydrogen) atoms. The van der Waals surface area contributed by atoms with Crippen LogP contribution in [0.1, 0.15) is 55.6 Å². The summed E-state index contributed by atoms with van der Waals surface area (Å²) in [5.41, 5.74) is 7.14. The van der Waals surface area contributed by atoms with Crippen molar-refractivity contribution in [1.29, 1.82) is 0 Å². The molecule has 0 saturated carbocycles. The summed E-state index contributed by atoms with van der Waals surface area (Å²) < 4.78 is 5.37. The zero-order valence-corrected chi connectivity index (χ0v) is 23.2. The fraction of sp³-hybridized carbons (Fsp3) is 0.200. The van der Waals surface area contributed by atoms with Gasteiger partial charge in [0.2, 0.25) is 11.8 Å². The van der Waals surface area contributed by atoms with E-state index in [1.807, 2.05) is 74.5 Å². The van der Waals surface area contributed by atoms with Crippen molar-refractivity contribution in [1.82, 2.24) is 0 Å². The number of nitrogens with zero attached hydrogens (tertiary/aromatic N) is 1. The average molecular weight is 557 g/mol. The molecule has 0 spiro atoms. The Bertz CT molecular complexity index is 1700. The monoisotopic (exact) mass is 556 g/mol. The molecule has 2 atom stereocenters. The van der Waals surface area contributed by atoms with Crippen LogP contribution in [0.2, 0.25) is 0 Å². The number of anilines is 2. The summed E-state index contributed by atoms with van der Waals surface area (Å²) in [6, 6.07) is 28.1. The van der Waals surface area contributed by atoms with Crippen LogP contribution in [0.4, 0.5) is 11.4 Å². The number of hydrogen-bond acceptors (Lipinski definition) is 5. The van der Waals surface area contributed by atoms with Crippen LogP contribution in [0.3, 0.4) is 0 Å². The van der Waals surface area contributed by atoms with E-state index in [0.717, 1.165) is 33.4 Å². The largest absolute Gasteiger partial charge is 0.452 e. The highest BCUT2D eigenvalue weighted by Gasteiger charge is 2.62. The van der Waals surface area contributed by atoms with Gasteiger partial charge < -0.3 is 10.1 Å². The normalized spacial score (nSPS) is 21.4. The molecule has 8 rings (SSSR count). The van der Waals surface area contributed by atoms with Crippen molar-refractivity contribution in [2.24, 2.45) is 11.8 Å². The van der Waals surface area contributed by atoms with Crippen molar-refractivity contribution in [3.05, 3.63) is 130 Å². The molecule has 7 heteroatoms. The van der Waals surface area contributed by atoms with Gasteiger partial charge in [-0.1, -0.05) is 78.4 Å². The Hall–Kier alpha value is -5.04. The van der Waals surface area contributed by atoms with Gasteiger partial charge in [0.25, 0.3) is 5.91 Å². The van der Waals surface area contributed by atoms with E-state index in [4.69, 9.17) is 4.74 Å². The summed E-state index contributed by atoms with van der Waals surface area (Å²) in [5.74, 6) is -3.55. The molecule has 1 aliphatic heterocycles. The average Bonchev–Trinajstić information content (AvgIpc) is 3.27. The fourth-order valence-corrected chi connectivity index (χ4v) is 7.10. The summed E-state index contributed by atoms with van der Waals surface area (Å²) in [5, 5.41) is 2.76. The van der Waals surface area contributed by atoms with Gasteiger partial charge in [0, 0.05) is 17.5 Å². The Morgan fingerprint density at radius 2 is 1.26 bits per heavy atom. The van der Waals surface area contributed by atoms with E-state index in [0.29, 0.717) is 5.69 Å². The minimum atomic E-state index is -0.786. The molecule has 1 N–H and O–H groups in total.